The molecule has 2 aromatic rings. The normalized spacial score (nSPS) is 16.8. The summed E-state index contributed by atoms with van der Waals surface area (Å²) in [4.78, 5) is 14.6. The third kappa shape index (κ3) is 3.03. The number of amides is 1. The van der Waals surface area contributed by atoms with Crippen molar-refractivity contribution < 1.29 is 13.6 Å². The molecule has 5 nitrogen and oxygen atoms in total. The highest BCUT2D eigenvalue weighted by molar-refractivity contribution is 5.84. The molecule has 1 aromatic carbocycles. The van der Waals surface area contributed by atoms with Crippen molar-refractivity contribution in [2.75, 3.05) is 20.1 Å². The van der Waals surface area contributed by atoms with E-state index in [2.05, 4.69) is 10.4 Å². The van der Waals surface area contributed by atoms with Crippen LogP contribution in [0.4, 0.5) is 8.78 Å². The van der Waals surface area contributed by atoms with Crippen molar-refractivity contribution in [2.24, 2.45) is 0 Å². The molecule has 1 amide bonds. The van der Waals surface area contributed by atoms with Gasteiger partial charge in [-0.3, -0.25) is 9.48 Å². The molecule has 0 atom stereocenters. The minimum atomic E-state index is -0.764. The van der Waals surface area contributed by atoms with E-state index >= 15 is 0 Å². The lowest BCUT2D eigenvalue weighted by Crippen LogP contribution is -2.54. The van der Waals surface area contributed by atoms with Gasteiger partial charge in [-0.15, -0.1) is 0 Å². The fraction of sp³-hybridized carbons (Fsp3) is 0.412. The Bertz CT molecular complexity index is 711. The molecule has 2 heterocycles. The first-order valence-corrected chi connectivity index (χ1v) is 7.93. The number of piperidine rings is 1. The van der Waals surface area contributed by atoms with Gasteiger partial charge in [0.15, 0.2) is 0 Å². The van der Waals surface area contributed by atoms with E-state index in [4.69, 9.17) is 0 Å². The topological polar surface area (TPSA) is 50.2 Å². The van der Waals surface area contributed by atoms with Crippen LogP contribution in [0.1, 0.15) is 18.4 Å². The Morgan fingerprint density at radius 1 is 1.38 bits per heavy atom. The van der Waals surface area contributed by atoms with E-state index in [1.54, 1.807) is 30.2 Å². The third-order valence-electron chi connectivity index (χ3n) is 4.54. The van der Waals surface area contributed by atoms with E-state index in [1.165, 1.54) is 17.0 Å². The molecule has 1 fully saturated rings. The number of carbonyl (C=O) groups is 1. The first kappa shape index (κ1) is 16.6. The number of likely N-dealkylation sites (N-methyl/N-ethyl adjacent to an activating group) is 1. The third-order valence-corrected chi connectivity index (χ3v) is 4.54. The molecule has 0 bridgehead atoms. The lowest BCUT2D eigenvalue weighted by atomic mass is 9.86. The zero-order valence-corrected chi connectivity index (χ0v) is 13.5. The van der Waals surface area contributed by atoms with Crippen molar-refractivity contribution in [3.05, 3.63) is 53.9 Å². The molecule has 1 aliphatic rings. The van der Waals surface area contributed by atoms with Gasteiger partial charge in [0.25, 0.3) is 5.91 Å². The number of aromatic nitrogens is 2. The molecule has 0 aliphatic carbocycles. The molecule has 1 saturated heterocycles. The number of hydrogen-bond donors (Lipinski definition) is 1. The molecule has 0 saturated carbocycles. The first-order valence-electron chi connectivity index (χ1n) is 7.93. The molecule has 24 heavy (non-hydrogen) atoms. The Kier molecular flexibility index (Phi) is 4.62. The summed E-state index contributed by atoms with van der Waals surface area (Å²) in [6.07, 6.45) is 4.67. The second-order valence-corrected chi connectivity index (χ2v) is 6.13. The molecule has 128 valence electrons. The van der Waals surface area contributed by atoms with Crippen molar-refractivity contribution in [1.82, 2.24) is 20.0 Å². The van der Waals surface area contributed by atoms with Crippen molar-refractivity contribution >= 4 is 5.91 Å². The summed E-state index contributed by atoms with van der Waals surface area (Å²) >= 11 is 0. The van der Waals surface area contributed by atoms with Gasteiger partial charge in [0.05, 0.1) is 0 Å². The minimum Gasteiger partial charge on any atom is -0.339 e. The second kappa shape index (κ2) is 6.68. The predicted octanol–water partition coefficient (Wildman–Crippen LogP) is 1.90. The predicted molar refractivity (Wildman–Crippen MR) is 85.1 cm³/mol. The molecule has 0 radical (unpaired) electrons. The Morgan fingerprint density at radius 3 is 2.75 bits per heavy atom. The number of nitrogens with zero attached hydrogens (tertiary/aromatic N) is 3. The van der Waals surface area contributed by atoms with Crippen LogP contribution in [0.25, 0.3) is 0 Å². The summed E-state index contributed by atoms with van der Waals surface area (Å²) in [5.74, 6) is -1.39. The van der Waals surface area contributed by atoms with Gasteiger partial charge in [-0.05, 0) is 38.1 Å². The molecule has 0 spiro atoms. The Morgan fingerprint density at radius 2 is 2.12 bits per heavy atom. The molecule has 1 N–H and O–H groups in total. The van der Waals surface area contributed by atoms with Gasteiger partial charge in [0.2, 0.25) is 0 Å². The van der Waals surface area contributed by atoms with E-state index in [1.807, 2.05) is 0 Å². The van der Waals surface area contributed by atoms with E-state index in [9.17, 15) is 13.6 Å². The van der Waals surface area contributed by atoms with Gasteiger partial charge in [-0.2, -0.15) is 5.10 Å². The zero-order chi connectivity index (χ0) is 17.2. The Hall–Kier alpha value is -2.28. The summed E-state index contributed by atoms with van der Waals surface area (Å²) in [7, 11) is 1.64. The quantitative estimate of drug-likeness (QED) is 0.929. The first-order chi connectivity index (χ1) is 11.5. The fourth-order valence-corrected chi connectivity index (χ4v) is 3.24. The van der Waals surface area contributed by atoms with E-state index in [0.717, 1.165) is 6.07 Å². The fourth-order valence-electron chi connectivity index (χ4n) is 3.24. The van der Waals surface area contributed by atoms with Gasteiger partial charge < -0.3 is 10.2 Å². The highest BCUT2D eigenvalue weighted by Crippen LogP contribution is 2.29. The van der Waals surface area contributed by atoms with Crippen LogP contribution in [0.5, 0.6) is 0 Å². The maximum atomic E-state index is 13.9. The van der Waals surface area contributed by atoms with Gasteiger partial charge in [-0.25, -0.2) is 8.78 Å². The lowest BCUT2D eigenvalue weighted by Gasteiger charge is -2.39. The highest BCUT2D eigenvalue weighted by Gasteiger charge is 2.43. The van der Waals surface area contributed by atoms with Crippen LogP contribution in [0, 0.1) is 11.6 Å². The zero-order valence-electron chi connectivity index (χ0n) is 13.5. The van der Waals surface area contributed by atoms with Crippen LogP contribution in [-0.2, 0) is 16.9 Å². The highest BCUT2D eigenvalue weighted by atomic mass is 19.1. The summed E-state index contributed by atoms with van der Waals surface area (Å²) in [6, 6.07) is 5.19. The van der Waals surface area contributed by atoms with Crippen LogP contribution >= 0.6 is 0 Å². The SMILES string of the molecule is CN(Cc1ccc(F)cc1F)C(=O)C1(n2cccn2)CCNCC1. The maximum absolute atomic E-state index is 13.9. The van der Waals surface area contributed by atoms with Crippen LogP contribution in [0.3, 0.4) is 0 Å². The van der Waals surface area contributed by atoms with Crippen molar-refractivity contribution in [2.45, 2.75) is 24.9 Å². The average molecular weight is 334 g/mol. The van der Waals surface area contributed by atoms with Crippen LogP contribution in [-0.4, -0.2) is 40.7 Å². The number of nitrogens with one attached hydrogen (secondary N) is 1. The number of hydrogen-bond acceptors (Lipinski definition) is 3. The van der Waals surface area contributed by atoms with Crippen molar-refractivity contribution in [3.63, 3.8) is 0 Å². The van der Waals surface area contributed by atoms with E-state index < -0.39 is 17.2 Å². The number of halogens is 2. The van der Waals surface area contributed by atoms with Gasteiger partial charge in [0.1, 0.15) is 17.2 Å². The van der Waals surface area contributed by atoms with Crippen molar-refractivity contribution in [1.29, 1.82) is 0 Å². The molecule has 3 rings (SSSR count). The molecule has 1 aromatic heterocycles. The summed E-state index contributed by atoms with van der Waals surface area (Å²) in [5, 5.41) is 7.52. The minimum absolute atomic E-state index is 0.0847. The van der Waals surface area contributed by atoms with Gasteiger partial charge in [-0.1, -0.05) is 6.07 Å². The summed E-state index contributed by atoms with van der Waals surface area (Å²) in [6.45, 7) is 1.51. The monoisotopic (exact) mass is 334 g/mol. The summed E-state index contributed by atoms with van der Waals surface area (Å²) < 4.78 is 28.6. The number of rotatable bonds is 4. The largest absolute Gasteiger partial charge is 0.339 e. The molecular formula is C17H20F2N4O. The van der Waals surface area contributed by atoms with Gasteiger partial charge >= 0.3 is 0 Å². The smallest absolute Gasteiger partial charge is 0.250 e. The van der Waals surface area contributed by atoms with Gasteiger partial charge in [0, 0.05) is 37.6 Å². The average Bonchev–Trinajstić information content (AvgIpc) is 3.12. The molecule has 0 unspecified atom stereocenters. The Balaban J connectivity index is 1.84. The standard InChI is InChI=1S/C17H20F2N4O/c1-22(12-13-3-4-14(18)11-15(13)19)16(24)17(5-8-20-9-6-17)23-10-2-7-21-23/h2-4,7,10-11,20H,5-6,8-9,12H2,1H3. The lowest BCUT2D eigenvalue weighted by molar-refractivity contribution is -0.142. The molecular weight excluding hydrogens is 314 g/mol. The van der Waals surface area contributed by atoms with Crippen LogP contribution in [0.2, 0.25) is 0 Å². The van der Waals surface area contributed by atoms with E-state index in [-0.39, 0.29) is 18.0 Å². The molecule has 1 aliphatic heterocycles. The van der Waals surface area contributed by atoms with Crippen LogP contribution < -0.4 is 5.32 Å². The van der Waals surface area contributed by atoms with E-state index in [0.29, 0.717) is 25.9 Å². The second-order valence-electron chi connectivity index (χ2n) is 6.13. The van der Waals surface area contributed by atoms with Crippen LogP contribution in [0.15, 0.2) is 36.7 Å². The number of benzene rings is 1. The summed E-state index contributed by atoms with van der Waals surface area (Å²) in [5.41, 5.74) is -0.475. The van der Waals surface area contributed by atoms with Crippen molar-refractivity contribution in [3.8, 4) is 0 Å². The maximum Gasteiger partial charge on any atom is 0.250 e. The number of carbonyl (C=O) groups excluding carboxylic acids is 1. The Labute approximate surface area is 139 Å². The molecule has 7 heteroatoms.